The molecule has 0 fully saturated rings. The van der Waals surface area contributed by atoms with E-state index < -0.39 is 0 Å². The fourth-order valence-corrected chi connectivity index (χ4v) is 1.85. The molecule has 0 spiro atoms. The molecule has 2 N–H and O–H groups in total. The maximum atomic E-state index is 5.59. The van der Waals surface area contributed by atoms with E-state index in [1.165, 1.54) is 19.4 Å². The molecule has 1 atom stereocenters. The van der Waals surface area contributed by atoms with E-state index in [1.54, 1.807) is 0 Å². The number of nitrogens with zero attached hydrogens (tertiary/aromatic N) is 1. The van der Waals surface area contributed by atoms with Crippen molar-refractivity contribution < 1.29 is 0 Å². The first-order valence-electron chi connectivity index (χ1n) is 5.94. The van der Waals surface area contributed by atoms with Crippen LogP contribution in [-0.4, -0.2) is 30.1 Å². The molecule has 0 aromatic rings. The lowest BCUT2D eigenvalue weighted by Crippen LogP contribution is -2.37. The van der Waals surface area contributed by atoms with Gasteiger partial charge in [-0.2, -0.15) is 0 Å². The van der Waals surface area contributed by atoms with Gasteiger partial charge in [-0.15, -0.1) is 0 Å². The van der Waals surface area contributed by atoms with Crippen molar-refractivity contribution in [1.82, 2.24) is 4.90 Å². The summed E-state index contributed by atoms with van der Waals surface area (Å²) in [5.41, 5.74) is 5.59. The molecule has 0 aromatic heterocycles. The molecular weight excluding hydrogens is 172 g/mol. The zero-order valence-corrected chi connectivity index (χ0v) is 10.6. The van der Waals surface area contributed by atoms with Crippen molar-refractivity contribution >= 4 is 0 Å². The molecule has 0 radical (unpaired) electrons. The molecule has 0 saturated carbocycles. The van der Waals surface area contributed by atoms with Crippen LogP contribution < -0.4 is 5.73 Å². The van der Waals surface area contributed by atoms with Gasteiger partial charge in [-0.3, -0.25) is 4.90 Å². The Morgan fingerprint density at radius 2 is 1.50 bits per heavy atom. The van der Waals surface area contributed by atoms with Crippen molar-refractivity contribution in [2.75, 3.05) is 13.1 Å². The van der Waals surface area contributed by atoms with Crippen LogP contribution in [0.25, 0.3) is 0 Å². The summed E-state index contributed by atoms with van der Waals surface area (Å²) < 4.78 is 0. The lowest BCUT2D eigenvalue weighted by atomic mass is 10.1. The van der Waals surface area contributed by atoms with E-state index >= 15 is 0 Å². The summed E-state index contributed by atoms with van der Waals surface area (Å²) in [5.74, 6) is 0.677. The molecule has 0 heterocycles. The second kappa shape index (κ2) is 7.24. The van der Waals surface area contributed by atoms with E-state index in [9.17, 15) is 0 Å². The average molecular weight is 200 g/mol. The summed E-state index contributed by atoms with van der Waals surface area (Å²) in [4.78, 5) is 2.54. The molecule has 86 valence electrons. The largest absolute Gasteiger partial charge is 0.330 e. The van der Waals surface area contributed by atoms with Crippen LogP contribution in [0.3, 0.4) is 0 Å². The van der Waals surface area contributed by atoms with Gasteiger partial charge in [0.05, 0.1) is 0 Å². The zero-order chi connectivity index (χ0) is 11.1. The summed E-state index contributed by atoms with van der Waals surface area (Å²) in [6, 6.07) is 1.31. The van der Waals surface area contributed by atoms with Gasteiger partial charge in [0.2, 0.25) is 0 Å². The Kier molecular flexibility index (Phi) is 7.20. The normalized spacial score (nSPS) is 14.4. The SMILES string of the molecule is CC(CN)CCCN(C(C)C)C(C)C. The van der Waals surface area contributed by atoms with Crippen molar-refractivity contribution in [1.29, 1.82) is 0 Å². The van der Waals surface area contributed by atoms with E-state index in [1.807, 2.05) is 0 Å². The summed E-state index contributed by atoms with van der Waals surface area (Å²) in [6.45, 7) is 13.3. The first-order chi connectivity index (χ1) is 6.49. The topological polar surface area (TPSA) is 29.3 Å². The highest BCUT2D eigenvalue weighted by Gasteiger charge is 2.12. The van der Waals surface area contributed by atoms with Crippen LogP contribution in [0.15, 0.2) is 0 Å². The van der Waals surface area contributed by atoms with Gasteiger partial charge < -0.3 is 5.73 Å². The molecule has 0 aliphatic heterocycles. The molecule has 0 amide bonds. The zero-order valence-electron chi connectivity index (χ0n) is 10.6. The monoisotopic (exact) mass is 200 g/mol. The minimum Gasteiger partial charge on any atom is -0.330 e. The highest BCUT2D eigenvalue weighted by Crippen LogP contribution is 2.09. The Hall–Kier alpha value is -0.0800. The number of hydrogen-bond donors (Lipinski definition) is 1. The van der Waals surface area contributed by atoms with E-state index in [-0.39, 0.29) is 0 Å². The van der Waals surface area contributed by atoms with Gasteiger partial charge in [-0.25, -0.2) is 0 Å². The van der Waals surface area contributed by atoms with Crippen LogP contribution in [0.2, 0.25) is 0 Å². The van der Waals surface area contributed by atoms with Crippen LogP contribution in [0.5, 0.6) is 0 Å². The smallest absolute Gasteiger partial charge is 0.00412 e. The highest BCUT2D eigenvalue weighted by atomic mass is 15.2. The molecule has 2 heteroatoms. The maximum Gasteiger partial charge on any atom is 0.00412 e. The second-order valence-corrected chi connectivity index (χ2v) is 4.91. The van der Waals surface area contributed by atoms with Crippen LogP contribution in [0.4, 0.5) is 0 Å². The maximum absolute atomic E-state index is 5.59. The molecule has 1 unspecified atom stereocenters. The van der Waals surface area contributed by atoms with Gasteiger partial charge in [-0.05, 0) is 59.5 Å². The molecule has 0 aromatic carbocycles. The van der Waals surface area contributed by atoms with Crippen molar-refractivity contribution in [3.05, 3.63) is 0 Å². The molecular formula is C12H28N2. The standard InChI is InChI=1S/C12H28N2/c1-10(2)14(11(3)4)8-6-7-12(5)9-13/h10-12H,6-9,13H2,1-5H3. The Morgan fingerprint density at radius 1 is 1.00 bits per heavy atom. The van der Waals surface area contributed by atoms with E-state index in [0.717, 1.165) is 6.54 Å². The third-order valence-corrected chi connectivity index (χ3v) is 2.84. The molecule has 0 aliphatic carbocycles. The summed E-state index contributed by atoms with van der Waals surface area (Å²) >= 11 is 0. The third-order valence-electron chi connectivity index (χ3n) is 2.84. The van der Waals surface area contributed by atoms with Gasteiger partial charge in [0.15, 0.2) is 0 Å². The van der Waals surface area contributed by atoms with Gasteiger partial charge in [0.1, 0.15) is 0 Å². The van der Waals surface area contributed by atoms with E-state index in [2.05, 4.69) is 39.5 Å². The molecule has 0 saturated heterocycles. The molecule has 14 heavy (non-hydrogen) atoms. The quantitative estimate of drug-likeness (QED) is 0.684. The number of nitrogens with two attached hydrogens (primary N) is 1. The first-order valence-corrected chi connectivity index (χ1v) is 5.94. The highest BCUT2D eigenvalue weighted by molar-refractivity contribution is 4.67. The summed E-state index contributed by atoms with van der Waals surface area (Å²) in [6.07, 6.45) is 2.53. The molecule has 0 aliphatic rings. The lowest BCUT2D eigenvalue weighted by Gasteiger charge is -2.30. The fourth-order valence-electron chi connectivity index (χ4n) is 1.85. The summed E-state index contributed by atoms with van der Waals surface area (Å²) in [7, 11) is 0. The second-order valence-electron chi connectivity index (χ2n) is 4.91. The first kappa shape index (κ1) is 13.9. The van der Waals surface area contributed by atoms with Crippen molar-refractivity contribution in [3.63, 3.8) is 0 Å². The van der Waals surface area contributed by atoms with Gasteiger partial charge >= 0.3 is 0 Å². The predicted octanol–water partition coefficient (Wildman–Crippen LogP) is 2.48. The fraction of sp³-hybridized carbons (Fsp3) is 1.00. The van der Waals surface area contributed by atoms with Crippen LogP contribution in [-0.2, 0) is 0 Å². The average Bonchev–Trinajstić information content (AvgIpc) is 2.10. The van der Waals surface area contributed by atoms with Crippen LogP contribution in [0.1, 0.15) is 47.5 Å². The van der Waals surface area contributed by atoms with Crippen molar-refractivity contribution in [2.24, 2.45) is 11.7 Å². The van der Waals surface area contributed by atoms with Gasteiger partial charge in [-0.1, -0.05) is 6.92 Å². The predicted molar refractivity (Wildman–Crippen MR) is 64.4 cm³/mol. The molecule has 2 nitrogen and oxygen atoms in total. The van der Waals surface area contributed by atoms with E-state index in [0.29, 0.717) is 18.0 Å². The Labute approximate surface area is 89.9 Å². The van der Waals surface area contributed by atoms with Crippen molar-refractivity contribution in [3.8, 4) is 0 Å². The van der Waals surface area contributed by atoms with Crippen LogP contribution in [0, 0.1) is 5.92 Å². The number of rotatable bonds is 7. The van der Waals surface area contributed by atoms with Gasteiger partial charge in [0.25, 0.3) is 0 Å². The Morgan fingerprint density at radius 3 is 1.86 bits per heavy atom. The minimum atomic E-state index is 0.656. The summed E-state index contributed by atoms with van der Waals surface area (Å²) in [5, 5.41) is 0. The molecule has 0 bridgehead atoms. The minimum absolute atomic E-state index is 0.656. The van der Waals surface area contributed by atoms with Crippen LogP contribution >= 0.6 is 0 Å². The van der Waals surface area contributed by atoms with Gasteiger partial charge in [0, 0.05) is 12.1 Å². The molecule has 0 rings (SSSR count). The van der Waals surface area contributed by atoms with E-state index in [4.69, 9.17) is 5.73 Å². The lowest BCUT2D eigenvalue weighted by molar-refractivity contribution is 0.169. The van der Waals surface area contributed by atoms with Crippen molar-refractivity contribution in [2.45, 2.75) is 59.5 Å². The Bertz CT molecular complexity index is 124. The third kappa shape index (κ3) is 5.61. The number of hydrogen-bond acceptors (Lipinski definition) is 2. The Balaban J connectivity index is 3.72.